The normalized spacial score (nSPS) is 10.3. The lowest BCUT2D eigenvalue weighted by molar-refractivity contribution is 0.235. The zero-order valence-electron chi connectivity index (χ0n) is 4.80. The average Bonchev–Trinajstić information content (AvgIpc) is 1.72. The minimum Gasteiger partial charge on any atom is -0.361 e. The molecule has 0 radical (unpaired) electrons. The molecular formula is C4H10OS2. The number of hydrogen-bond donors (Lipinski definition) is 0. The summed E-state index contributed by atoms with van der Waals surface area (Å²) in [6.07, 6.45) is 4.06. The van der Waals surface area contributed by atoms with Gasteiger partial charge in [0.2, 0.25) is 0 Å². The molecule has 0 rings (SSSR count). The predicted molar refractivity (Wildman–Crippen MR) is 37.8 cm³/mol. The van der Waals surface area contributed by atoms with Crippen molar-refractivity contribution in [1.29, 1.82) is 0 Å². The summed E-state index contributed by atoms with van der Waals surface area (Å²) in [6.45, 7) is 0. The first-order valence-electron chi connectivity index (χ1n) is 1.93. The second-order valence-electron chi connectivity index (χ2n) is 0.996. The van der Waals surface area contributed by atoms with E-state index in [9.17, 15) is 0 Å². The van der Waals surface area contributed by atoms with E-state index >= 15 is 0 Å². The summed E-state index contributed by atoms with van der Waals surface area (Å²) in [6, 6.07) is 0. The number of thioether (sulfide) groups is 2. The van der Waals surface area contributed by atoms with Crippen LogP contribution in [0.15, 0.2) is 0 Å². The molecule has 0 aromatic carbocycles. The van der Waals surface area contributed by atoms with E-state index in [1.54, 1.807) is 30.6 Å². The van der Waals surface area contributed by atoms with Gasteiger partial charge in [-0.1, -0.05) is 0 Å². The standard InChI is InChI=1S/C4H10OS2/c1-5-4(6-2)7-3/h4H,1-3H3. The Morgan fingerprint density at radius 3 is 1.71 bits per heavy atom. The van der Waals surface area contributed by atoms with Crippen LogP contribution in [0.1, 0.15) is 0 Å². The first-order chi connectivity index (χ1) is 3.35. The second-order valence-corrected chi connectivity index (χ2v) is 3.09. The van der Waals surface area contributed by atoms with Crippen molar-refractivity contribution in [2.45, 2.75) is 4.77 Å². The van der Waals surface area contributed by atoms with E-state index in [0.717, 1.165) is 0 Å². The maximum Gasteiger partial charge on any atom is 0.148 e. The Morgan fingerprint density at radius 2 is 1.71 bits per heavy atom. The summed E-state index contributed by atoms with van der Waals surface area (Å²) in [5.41, 5.74) is 0. The van der Waals surface area contributed by atoms with Crippen molar-refractivity contribution >= 4 is 23.5 Å². The van der Waals surface area contributed by atoms with Crippen LogP contribution in [0.5, 0.6) is 0 Å². The molecule has 0 unspecified atom stereocenters. The van der Waals surface area contributed by atoms with Crippen molar-refractivity contribution in [2.24, 2.45) is 0 Å². The lowest BCUT2D eigenvalue weighted by Gasteiger charge is -2.06. The van der Waals surface area contributed by atoms with Gasteiger partial charge in [0, 0.05) is 7.11 Å². The topological polar surface area (TPSA) is 9.23 Å². The molecule has 0 spiro atoms. The van der Waals surface area contributed by atoms with Gasteiger partial charge in [-0.2, -0.15) is 0 Å². The van der Waals surface area contributed by atoms with Crippen molar-refractivity contribution in [3.63, 3.8) is 0 Å². The Labute approximate surface area is 53.2 Å². The van der Waals surface area contributed by atoms with Crippen LogP contribution < -0.4 is 0 Å². The Bertz CT molecular complexity index is 31.2. The molecule has 44 valence electrons. The molecule has 0 fully saturated rings. The van der Waals surface area contributed by atoms with Gasteiger partial charge in [0.15, 0.2) is 0 Å². The third-order valence-electron chi connectivity index (χ3n) is 0.577. The van der Waals surface area contributed by atoms with Crippen LogP contribution in [0.2, 0.25) is 0 Å². The van der Waals surface area contributed by atoms with E-state index in [2.05, 4.69) is 0 Å². The molecule has 0 aliphatic carbocycles. The largest absolute Gasteiger partial charge is 0.361 e. The van der Waals surface area contributed by atoms with Crippen LogP contribution in [-0.4, -0.2) is 24.4 Å². The Kier molecular flexibility index (Phi) is 5.26. The molecule has 0 aliphatic rings. The van der Waals surface area contributed by atoms with Crippen molar-refractivity contribution < 1.29 is 4.74 Å². The highest BCUT2D eigenvalue weighted by Gasteiger charge is 1.97. The number of methoxy groups -OCH3 is 1. The summed E-state index contributed by atoms with van der Waals surface area (Å²) in [4.78, 5) is 0. The zero-order valence-corrected chi connectivity index (χ0v) is 6.44. The fraction of sp³-hybridized carbons (Fsp3) is 1.00. The lowest BCUT2D eigenvalue weighted by Crippen LogP contribution is -1.95. The van der Waals surface area contributed by atoms with Crippen molar-refractivity contribution in [1.82, 2.24) is 0 Å². The molecule has 0 saturated carbocycles. The molecule has 0 amide bonds. The van der Waals surface area contributed by atoms with Gasteiger partial charge in [-0.15, -0.1) is 23.5 Å². The van der Waals surface area contributed by atoms with Crippen molar-refractivity contribution in [3.8, 4) is 0 Å². The lowest BCUT2D eigenvalue weighted by atomic mass is 11.5. The Balaban J connectivity index is 2.99. The van der Waals surface area contributed by atoms with Crippen LogP contribution in [0.3, 0.4) is 0 Å². The maximum atomic E-state index is 4.97. The van der Waals surface area contributed by atoms with E-state index in [1.807, 2.05) is 12.5 Å². The first kappa shape index (κ1) is 7.66. The van der Waals surface area contributed by atoms with Gasteiger partial charge in [0.05, 0.1) is 0 Å². The monoisotopic (exact) mass is 138 g/mol. The smallest absolute Gasteiger partial charge is 0.148 e. The van der Waals surface area contributed by atoms with E-state index in [4.69, 9.17) is 4.74 Å². The van der Waals surface area contributed by atoms with E-state index in [1.165, 1.54) is 0 Å². The summed E-state index contributed by atoms with van der Waals surface area (Å²) in [5.74, 6) is 0. The minimum absolute atomic E-state index is 0.319. The Morgan fingerprint density at radius 1 is 1.29 bits per heavy atom. The highest BCUT2D eigenvalue weighted by atomic mass is 32.2. The predicted octanol–water partition coefficient (Wildman–Crippen LogP) is 1.64. The molecule has 1 nitrogen and oxygen atoms in total. The molecule has 0 atom stereocenters. The number of hydrogen-bond acceptors (Lipinski definition) is 3. The molecule has 7 heavy (non-hydrogen) atoms. The molecule has 0 aromatic rings. The molecule has 0 N–H and O–H groups in total. The summed E-state index contributed by atoms with van der Waals surface area (Å²) in [5, 5.41) is 0. The summed E-state index contributed by atoms with van der Waals surface area (Å²) < 4.78 is 5.29. The highest BCUT2D eigenvalue weighted by molar-refractivity contribution is 8.16. The quantitative estimate of drug-likeness (QED) is 0.549. The second kappa shape index (κ2) is 4.81. The summed E-state index contributed by atoms with van der Waals surface area (Å²) in [7, 11) is 1.72. The molecule has 0 heterocycles. The van der Waals surface area contributed by atoms with Gasteiger partial charge >= 0.3 is 0 Å². The van der Waals surface area contributed by atoms with Crippen LogP contribution in [0, 0.1) is 0 Å². The number of rotatable bonds is 3. The van der Waals surface area contributed by atoms with Gasteiger partial charge in [0.25, 0.3) is 0 Å². The third kappa shape index (κ3) is 3.26. The van der Waals surface area contributed by atoms with Gasteiger partial charge < -0.3 is 4.74 Å². The SMILES string of the molecule is COC(SC)SC. The first-order valence-corrected chi connectivity index (χ1v) is 4.51. The Hall–Kier alpha value is 0.660. The molecule has 0 aromatic heterocycles. The minimum atomic E-state index is 0.319. The van der Waals surface area contributed by atoms with Gasteiger partial charge in [-0.25, -0.2) is 0 Å². The number of ether oxygens (including phenoxy) is 1. The molecule has 0 aliphatic heterocycles. The molecule has 3 heteroatoms. The molecule has 0 bridgehead atoms. The van der Waals surface area contributed by atoms with Crippen molar-refractivity contribution in [3.05, 3.63) is 0 Å². The summed E-state index contributed by atoms with van der Waals surface area (Å²) >= 11 is 3.42. The fourth-order valence-corrected chi connectivity index (χ4v) is 1.44. The van der Waals surface area contributed by atoms with Crippen LogP contribution >= 0.6 is 23.5 Å². The van der Waals surface area contributed by atoms with E-state index in [-0.39, 0.29) is 0 Å². The highest BCUT2D eigenvalue weighted by Crippen LogP contribution is 2.17. The van der Waals surface area contributed by atoms with Gasteiger partial charge in [-0.3, -0.25) is 0 Å². The fourth-order valence-electron chi connectivity index (χ4n) is 0.289. The third-order valence-corrected chi connectivity index (χ3v) is 2.89. The average molecular weight is 138 g/mol. The molecular weight excluding hydrogens is 128 g/mol. The van der Waals surface area contributed by atoms with Crippen LogP contribution in [0.4, 0.5) is 0 Å². The van der Waals surface area contributed by atoms with Crippen LogP contribution in [0.25, 0.3) is 0 Å². The van der Waals surface area contributed by atoms with E-state index in [0.29, 0.717) is 4.77 Å². The van der Waals surface area contributed by atoms with E-state index < -0.39 is 0 Å². The molecule has 0 saturated heterocycles. The maximum absolute atomic E-state index is 4.97. The van der Waals surface area contributed by atoms with Gasteiger partial charge in [0.1, 0.15) is 4.77 Å². The zero-order chi connectivity index (χ0) is 5.70. The van der Waals surface area contributed by atoms with Crippen LogP contribution in [-0.2, 0) is 4.74 Å². The van der Waals surface area contributed by atoms with Crippen molar-refractivity contribution in [2.75, 3.05) is 19.6 Å². The van der Waals surface area contributed by atoms with Gasteiger partial charge in [-0.05, 0) is 12.5 Å².